The molecule has 7 heteroatoms. The number of rotatable bonds is 6. The summed E-state index contributed by atoms with van der Waals surface area (Å²) in [6.45, 7) is 7.36. The van der Waals surface area contributed by atoms with Gasteiger partial charge in [-0.05, 0) is 68.7 Å². The minimum Gasteiger partial charge on any atom is -0.369 e. The molecule has 5 rings (SSSR count). The van der Waals surface area contributed by atoms with Crippen LogP contribution in [0.2, 0.25) is 0 Å². The number of hydrogen-bond acceptors (Lipinski definition) is 5. The topological polar surface area (TPSA) is 65.1 Å². The highest BCUT2D eigenvalue weighted by Crippen LogP contribution is 2.25. The van der Waals surface area contributed by atoms with Crippen LogP contribution < -0.4 is 10.3 Å². The Bertz CT molecular complexity index is 1340. The minimum atomic E-state index is 0. The lowest BCUT2D eigenvalue weighted by molar-refractivity contribution is 0.158. The number of anilines is 1. The van der Waals surface area contributed by atoms with Crippen LogP contribution >= 0.6 is 13.5 Å². The Kier molecular flexibility index (Phi) is 7.88. The molecule has 35 heavy (non-hydrogen) atoms. The van der Waals surface area contributed by atoms with Crippen LogP contribution in [0.1, 0.15) is 35.4 Å². The Morgan fingerprint density at radius 3 is 2.71 bits per heavy atom. The molecule has 4 heterocycles. The fourth-order valence-corrected chi connectivity index (χ4v) is 4.93. The van der Waals surface area contributed by atoms with E-state index in [0.717, 1.165) is 60.3 Å². The molecule has 0 amide bonds. The minimum absolute atomic E-state index is 0. The number of piperidine rings is 1. The lowest BCUT2D eigenvalue weighted by atomic mass is 10.0. The van der Waals surface area contributed by atoms with Crippen LogP contribution in [-0.2, 0) is 13.1 Å². The van der Waals surface area contributed by atoms with Gasteiger partial charge in [0.25, 0.3) is 0 Å². The van der Waals surface area contributed by atoms with E-state index in [2.05, 4.69) is 49.0 Å². The van der Waals surface area contributed by atoms with Crippen molar-refractivity contribution >= 4 is 30.1 Å². The van der Waals surface area contributed by atoms with Crippen LogP contribution in [0.25, 0.3) is 10.9 Å². The summed E-state index contributed by atoms with van der Waals surface area (Å²) in [6.07, 6.45) is 7.95. The van der Waals surface area contributed by atoms with Gasteiger partial charge in [0, 0.05) is 72.5 Å². The molecule has 4 aromatic rings. The molecule has 1 atom stereocenters. The van der Waals surface area contributed by atoms with Crippen molar-refractivity contribution in [1.29, 1.82) is 0 Å². The molecule has 0 bridgehead atoms. The van der Waals surface area contributed by atoms with Crippen LogP contribution in [0.5, 0.6) is 0 Å². The molecular weight excluding hydrogens is 454 g/mol. The fourth-order valence-electron chi connectivity index (χ4n) is 4.93. The summed E-state index contributed by atoms with van der Waals surface area (Å²) in [7, 11) is 0. The SMILES string of the molecule is Cc1ccc(N2CCC[C@H](N(Cc3ccnc(C)c3)Cc3c[nH]c4ccccc4c3=O)C2)cn1.S. The van der Waals surface area contributed by atoms with Crippen molar-refractivity contribution in [3.05, 3.63) is 99.9 Å². The largest absolute Gasteiger partial charge is 0.369 e. The standard InChI is InChI=1S/C28H31N5O.H2S/c1-20-9-10-24(16-30-20)32-13-5-6-25(19-32)33(17-22-11-12-29-21(2)14-22)18-23-15-31-27-8-4-3-7-26(27)28(23)34;/h3-4,7-12,14-16,25H,5-6,13,17-19H2,1-2H3,(H,31,34);1H2/t25-;/m0./s1. The number of para-hydroxylation sites is 1. The Labute approximate surface area is 213 Å². The molecule has 0 spiro atoms. The molecule has 182 valence electrons. The van der Waals surface area contributed by atoms with E-state index < -0.39 is 0 Å². The maximum absolute atomic E-state index is 13.3. The van der Waals surface area contributed by atoms with Crippen LogP contribution in [0.4, 0.5) is 5.69 Å². The summed E-state index contributed by atoms with van der Waals surface area (Å²) in [5.74, 6) is 0. The second-order valence-electron chi connectivity index (χ2n) is 9.30. The number of aromatic nitrogens is 3. The Hall–Kier alpha value is -3.16. The second-order valence-corrected chi connectivity index (χ2v) is 9.30. The molecule has 3 aromatic heterocycles. The van der Waals surface area contributed by atoms with Gasteiger partial charge < -0.3 is 9.88 Å². The van der Waals surface area contributed by atoms with Gasteiger partial charge in [-0.15, -0.1) is 0 Å². The lowest BCUT2D eigenvalue weighted by Gasteiger charge is -2.40. The first-order chi connectivity index (χ1) is 16.6. The van der Waals surface area contributed by atoms with Gasteiger partial charge in [0.2, 0.25) is 0 Å². The monoisotopic (exact) mass is 487 g/mol. The Balaban J connectivity index is 0.00000289. The van der Waals surface area contributed by atoms with Crippen molar-refractivity contribution in [1.82, 2.24) is 19.9 Å². The van der Waals surface area contributed by atoms with Gasteiger partial charge in [0.1, 0.15) is 0 Å². The van der Waals surface area contributed by atoms with E-state index in [1.165, 1.54) is 11.3 Å². The molecule has 1 aliphatic rings. The van der Waals surface area contributed by atoms with E-state index in [-0.39, 0.29) is 18.9 Å². The van der Waals surface area contributed by atoms with Gasteiger partial charge >= 0.3 is 0 Å². The van der Waals surface area contributed by atoms with Gasteiger partial charge in [-0.25, -0.2) is 0 Å². The quantitative estimate of drug-likeness (QED) is 0.426. The first kappa shape index (κ1) is 24.9. The van der Waals surface area contributed by atoms with E-state index in [0.29, 0.717) is 12.6 Å². The molecule has 0 aliphatic carbocycles. The number of hydrogen-bond donors (Lipinski definition) is 1. The molecular formula is C28H33N5OS. The number of fused-ring (bicyclic) bond motifs is 1. The third kappa shape index (κ3) is 5.74. The highest BCUT2D eigenvalue weighted by molar-refractivity contribution is 7.59. The van der Waals surface area contributed by atoms with Gasteiger partial charge in [-0.2, -0.15) is 13.5 Å². The summed E-state index contributed by atoms with van der Waals surface area (Å²) in [4.78, 5) is 30.4. The summed E-state index contributed by atoms with van der Waals surface area (Å²) in [6, 6.07) is 16.5. The summed E-state index contributed by atoms with van der Waals surface area (Å²) in [5, 5.41) is 0.746. The first-order valence-corrected chi connectivity index (χ1v) is 12.0. The number of aromatic amines is 1. The number of aryl methyl sites for hydroxylation is 2. The third-order valence-electron chi connectivity index (χ3n) is 6.76. The third-order valence-corrected chi connectivity index (χ3v) is 6.76. The molecule has 1 N–H and O–H groups in total. The fraction of sp³-hybridized carbons (Fsp3) is 0.321. The van der Waals surface area contributed by atoms with Gasteiger partial charge in [0.15, 0.2) is 5.43 Å². The predicted octanol–water partition coefficient (Wildman–Crippen LogP) is 4.72. The molecule has 1 saturated heterocycles. The van der Waals surface area contributed by atoms with Crippen molar-refractivity contribution < 1.29 is 0 Å². The molecule has 0 radical (unpaired) electrons. The normalized spacial score (nSPS) is 15.9. The van der Waals surface area contributed by atoms with Crippen molar-refractivity contribution in [3.63, 3.8) is 0 Å². The summed E-state index contributed by atoms with van der Waals surface area (Å²) >= 11 is 0. The highest BCUT2D eigenvalue weighted by atomic mass is 32.1. The second kappa shape index (κ2) is 11.1. The Morgan fingerprint density at radius 1 is 1.06 bits per heavy atom. The van der Waals surface area contributed by atoms with Crippen molar-refractivity contribution in [3.8, 4) is 0 Å². The van der Waals surface area contributed by atoms with Crippen molar-refractivity contribution in [2.75, 3.05) is 18.0 Å². The van der Waals surface area contributed by atoms with Crippen molar-refractivity contribution in [2.24, 2.45) is 0 Å². The smallest absolute Gasteiger partial charge is 0.193 e. The van der Waals surface area contributed by atoms with Crippen LogP contribution in [0.15, 0.2) is 71.9 Å². The maximum atomic E-state index is 13.3. The summed E-state index contributed by atoms with van der Waals surface area (Å²) in [5.41, 5.74) is 6.22. The number of nitrogens with zero attached hydrogens (tertiary/aromatic N) is 4. The van der Waals surface area contributed by atoms with E-state index in [9.17, 15) is 4.79 Å². The average Bonchev–Trinajstić information content (AvgIpc) is 2.86. The van der Waals surface area contributed by atoms with E-state index in [1.54, 1.807) is 0 Å². The zero-order valence-corrected chi connectivity index (χ0v) is 21.4. The number of benzene rings is 1. The predicted molar refractivity (Wildman–Crippen MR) is 147 cm³/mol. The van der Waals surface area contributed by atoms with Crippen molar-refractivity contribution in [2.45, 2.75) is 45.8 Å². The first-order valence-electron chi connectivity index (χ1n) is 12.0. The number of pyridine rings is 3. The van der Waals surface area contributed by atoms with Crippen LogP contribution in [0, 0.1) is 13.8 Å². The lowest BCUT2D eigenvalue weighted by Crippen LogP contribution is -2.48. The number of H-pyrrole nitrogens is 1. The van der Waals surface area contributed by atoms with Gasteiger partial charge in [-0.1, -0.05) is 12.1 Å². The Morgan fingerprint density at radius 2 is 1.91 bits per heavy atom. The molecule has 1 fully saturated rings. The summed E-state index contributed by atoms with van der Waals surface area (Å²) < 4.78 is 0. The van der Waals surface area contributed by atoms with E-state index in [1.807, 2.05) is 56.7 Å². The van der Waals surface area contributed by atoms with E-state index in [4.69, 9.17) is 0 Å². The molecule has 1 aliphatic heterocycles. The molecule has 0 unspecified atom stereocenters. The van der Waals surface area contributed by atoms with Crippen LogP contribution in [0.3, 0.4) is 0 Å². The average molecular weight is 488 g/mol. The number of nitrogens with one attached hydrogen (secondary N) is 1. The zero-order chi connectivity index (χ0) is 23.5. The van der Waals surface area contributed by atoms with Gasteiger partial charge in [-0.3, -0.25) is 19.7 Å². The zero-order valence-electron chi connectivity index (χ0n) is 20.4. The van der Waals surface area contributed by atoms with E-state index >= 15 is 0 Å². The maximum Gasteiger partial charge on any atom is 0.193 e. The molecule has 0 saturated carbocycles. The highest BCUT2D eigenvalue weighted by Gasteiger charge is 2.27. The molecule has 1 aromatic carbocycles. The molecule has 6 nitrogen and oxygen atoms in total. The van der Waals surface area contributed by atoms with Gasteiger partial charge in [0.05, 0.1) is 11.9 Å². The van der Waals surface area contributed by atoms with Crippen LogP contribution in [-0.4, -0.2) is 39.0 Å².